The Labute approximate surface area is 112 Å². The van der Waals surface area contributed by atoms with Crippen molar-refractivity contribution in [2.45, 2.75) is 56.8 Å². The molecule has 1 amide bonds. The van der Waals surface area contributed by atoms with Crippen LogP contribution in [0.4, 0.5) is 0 Å². The number of aliphatic hydroxyl groups excluding tert-OH is 1. The lowest BCUT2D eigenvalue weighted by atomic mass is 9.87. The maximum Gasteiger partial charge on any atom is 0.265 e. The monoisotopic (exact) mass is 267 g/mol. The number of hydrogen-bond donors (Lipinski definition) is 1. The van der Waals surface area contributed by atoms with Gasteiger partial charge in [-0.2, -0.15) is 0 Å². The van der Waals surface area contributed by atoms with Crippen LogP contribution in [0.3, 0.4) is 0 Å². The van der Waals surface area contributed by atoms with Crippen LogP contribution in [0.1, 0.15) is 46.0 Å². The molecule has 0 aromatic carbocycles. The average Bonchev–Trinajstić information content (AvgIpc) is 2.95. The van der Waals surface area contributed by atoms with E-state index in [1.54, 1.807) is 6.92 Å². The fraction of sp³-hybridized carbons (Fsp3) is 0.857. The van der Waals surface area contributed by atoms with Crippen LogP contribution in [-0.4, -0.2) is 26.9 Å². The molecule has 3 rings (SSSR count). The fourth-order valence-electron chi connectivity index (χ4n) is 3.74. The van der Waals surface area contributed by atoms with E-state index < -0.39 is 10.9 Å². The summed E-state index contributed by atoms with van der Waals surface area (Å²) < 4.78 is -0.743. The summed E-state index contributed by atoms with van der Waals surface area (Å²) in [7, 11) is 0. The zero-order valence-electron chi connectivity index (χ0n) is 11.1. The topological polar surface area (TPSA) is 49.7 Å². The van der Waals surface area contributed by atoms with E-state index in [0.717, 1.165) is 29.2 Å². The number of carbonyl (C=O) groups is 1. The molecule has 0 spiro atoms. The Kier molecular flexibility index (Phi) is 3.06. The lowest BCUT2D eigenvalue weighted by molar-refractivity contribution is -0.121. The number of nitrogens with zero attached hydrogens (tertiary/aromatic N) is 1. The molecule has 0 unspecified atom stereocenters. The van der Waals surface area contributed by atoms with Crippen LogP contribution in [0.15, 0.2) is 4.99 Å². The number of hydrogen-bond acceptors (Lipinski definition) is 3. The molecule has 4 heteroatoms. The highest BCUT2D eigenvalue weighted by Gasteiger charge is 2.47. The smallest absolute Gasteiger partial charge is 0.265 e. The lowest BCUT2D eigenvalue weighted by Gasteiger charge is -2.25. The maximum absolute atomic E-state index is 11.9. The zero-order valence-corrected chi connectivity index (χ0v) is 11.9. The number of thioether (sulfide) groups is 1. The minimum atomic E-state index is -0.743. The number of amides is 1. The molecule has 2 aliphatic carbocycles. The fourth-order valence-corrected chi connectivity index (χ4v) is 4.96. The minimum absolute atomic E-state index is 0.152. The van der Waals surface area contributed by atoms with Gasteiger partial charge in [0.05, 0.1) is 11.1 Å². The minimum Gasteiger partial charge on any atom is -0.391 e. The van der Waals surface area contributed by atoms with E-state index in [-0.39, 0.29) is 5.91 Å². The van der Waals surface area contributed by atoms with Crippen LogP contribution in [0, 0.1) is 17.8 Å². The second-order valence-corrected chi connectivity index (χ2v) is 7.86. The molecule has 0 saturated heterocycles. The van der Waals surface area contributed by atoms with Gasteiger partial charge in [-0.3, -0.25) is 4.79 Å². The number of fused-ring (bicyclic) bond motifs is 2. The summed E-state index contributed by atoms with van der Waals surface area (Å²) in [4.78, 5) is 16.1. The predicted molar refractivity (Wildman–Crippen MR) is 73.7 cm³/mol. The van der Waals surface area contributed by atoms with Gasteiger partial charge in [-0.15, -0.1) is 0 Å². The Hall–Kier alpha value is -0.350. The third-order valence-corrected chi connectivity index (χ3v) is 6.53. The van der Waals surface area contributed by atoms with Crippen molar-refractivity contribution in [2.24, 2.45) is 22.7 Å². The average molecular weight is 267 g/mol. The molecule has 2 fully saturated rings. The Balaban J connectivity index is 1.65. The van der Waals surface area contributed by atoms with Crippen molar-refractivity contribution >= 4 is 22.7 Å². The van der Waals surface area contributed by atoms with Gasteiger partial charge >= 0.3 is 0 Å². The molecule has 2 saturated carbocycles. The molecule has 1 aliphatic heterocycles. The highest BCUT2D eigenvalue weighted by atomic mass is 32.2. The molecule has 0 radical (unpaired) electrons. The van der Waals surface area contributed by atoms with E-state index in [9.17, 15) is 9.90 Å². The van der Waals surface area contributed by atoms with Crippen LogP contribution >= 0.6 is 11.8 Å². The summed E-state index contributed by atoms with van der Waals surface area (Å²) >= 11 is 1.49. The summed E-state index contributed by atoms with van der Waals surface area (Å²) in [6, 6.07) is 0. The zero-order chi connectivity index (χ0) is 12.9. The molecule has 100 valence electrons. The molecular weight excluding hydrogens is 246 g/mol. The standard InChI is InChI=1S/C14H21NO2S/c1-8(16)14(2)13(17)15-12(18-14)7-11-6-9-3-4-10(11)5-9/h8-11,16H,3-7H2,1-2H3/t8-,9+,10-,11+,14+/m0/s1. The molecule has 0 aromatic heterocycles. The molecular formula is C14H21NO2S. The molecule has 3 aliphatic rings. The number of aliphatic hydroxyl groups is 1. The molecule has 18 heavy (non-hydrogen) atoms. The number of carbonyl (C=O) groups excluding carboxylic acids is 1. The first-order valence-corrected chi connectivity index (χ1v) is 7.79. The van der Waals surface area contributed by atoms with E-state index in [2.05, 4.69) is 4.99 Å². The molecule has 0 aromatic rings. The van der Waals surface area contributed by atoms with Crippen molar-refractivity contribution in [3.63, 3.8) is 0 Å². The van der Waals surface area contributed by atoms with Gasteiger partial charge in [-0.05, 0) is 57.3 Å². The largest absolute Gasteiger partial charge is 0.391 e. The van der Waals surface area contributed by atoms with E-state index >= 15 is 0 Å². The SMILES string of the molecule is C[C@H](O)[C@@]1(C)SC(C[C@H]2C[C@@H]3CC[C@H]2C3)=NC1=O. The van der Waals surface area contributed by atoms with Gasteiger partial charge in [0.2, 0.25) is 0 Å². The van der Waals surface area contributed by atoms with E-state index in [1.165, 1.54) is 37.4 Å². The van der Waals surface area contributed by atoms with Gasteiger partial charge < -0.3 is 5.11 Å². The molecule has 3 nitrogen and oxygen atoms in total. The highest BCUT2D eigenvalue weighted by molar-refractivity contribution is 8.16. The molecule has 5 atom stereocenters. The van der Waals surface area contributed by atoms with Crippen molar-refractivity contribution in [1.82, 2.24) is 0 Å². The van der Waals surface area contributed by atoms with Gasteiger partial charge in [-0.1, -0.05) is 18.2 Å². The Morgan fingerprint density at radius 2 is 2.28 bits per heavy atom. The summed E-state index contributed by atoms with van der Waals surface area (Å²) in [5, 5.41) is 10.7. The van der Waals surface area contributed by atoms with Crippen LogP contribution in [-0.2, 0) is 4.79 Å². The summed E-state index contributed by atoms with van der Waals surface area (Å²) in [6.45, 7) is 3.49. The third-order valence-electron chi connectivity index (χ3n) is 5.10. The Morgan fingerprint density at radius 3 is 2.78 bits per heavy atom. The lowest BCUT2D eigenvalue weighted by Crippen LogP contribution is -2.38. The normalized spacial score (nSPS) is 44.5. The number of aliphatic imine (C=N–C) groups is 1. The van der Waals surface area contributed by atoms with Crippen LogP contribution in [0.25, 0.3) is 0 Å². The van der Waals surface area contributed by atoms with Crippen molar-refractivity contribution in [3.05, 3.63) is 0 Å². The first-order valence-electron chi connectivity index (χ1n) is 6.98. The van der Waals surface area contributed by atoms with Crippen molar-refractivity contribution in [3.8, 4) is 0 Å². The van der Waals surface area contributed by atoms with Crippen molar-refractivity contribution < 1.29 is 9.90 Å². The molecule has 1 N–H and O–H groups in total. The van der Waals surface area contributed by atoms with E-state index in [1.807, 2.05) is 6.92 Å². The van der Waals surface area contributed by atoms with Crippen LogP contribution in [0.2, 0.25) is 0 Å². The Bertz CT molecular complexity index is 407. The summed E-state index contributed by atoms with van der Waals surface area (Å²) in [6.07, 6.45) is 5.81. The van der Waals surface area contributed by atoms with Crippen molar-refractivity contribution in [1.29, 1.82) is 0 Å². The van der Waals surface area contributed by atoms with Crippen LogP contribution in [0.5, 0.6) is 0 Å². The second-order valence-electron chi connectivity index (χ2n) is 6.33. The van der Waals surface area contributed by atoms with Crippen LogP contribution < -0.4 is 0 Å². The third kappa shape index (κ3) is 1.94. The first-order chi connectivity index (χ1) is 8.49. The number of rotatable bonds is 3. The summed E-state index contributed by atoms with van der Waals surface area (Å²) in [5.41, 5.74) is 0. The second kappa shape index (κ2) is 4.34. The predicted octanol–water partition coefficient (Wildman–Crippen LogP) is 2.62. The Morgan fingerprint density at radius 1 is 1.50 bits per heavy atom. The van der Waals surface area contributed by atoms with E-state index in [0.29, 0.717) is 0 Å². The summed E-state index contributed by atoms with van der Waals surface area (Å²) in [5.74, 6) is 2.39. The van der Waals surface area contributed by atoms with Crippen molar-refractivity contribution in [2.75, 3.05) is 0 Å². The van der Waals surface area contributed by atoms with Gasteiger partial charge in [0.25, 0.3) is 5.91 Å². The first kappa shape index (κ1) is 12.7. The van der Waals surface area contributed by atoms with Gasteiger partial charge in [0.1, 0.15) is 4.75 Å². The molecule has 2 bridgehead atoms. The molecule has 1 heterocycles. The maximum atomic E-state index is 11.9. The van der Waals surface area contributed by atoms with Gasteiger partial charge in [0, 0.05) is 0 Å². The quantitative estimate of drug-likeness (QED) is 0.855. The highest BCUT2D eigenvalue weighted by Crippen LogP contribution is 2.51. The van der Waals surface area contributed by atoms with E-state index in [4.69, 9.17) is 0 Å². The van der Waals surface area contributed by atoms with Gasteiger partial charge in [-0.25, -0.2) is 4.99 Å². The van der Waals surface area contributed by atoms with Gasteiger partial charge in [0.15, 0.2) is 0 Å².